The number of aromatic nitrogens is 1. The molecule has 1 aromatic heterocycles. The maximum Gasteiger partial charge on any atom is 0.255 e. The summed E-state index contributed by atoms with van der Waals surface area (Å²) in [7, 11) is 0. The molecule has 4 rings (SSSR count). The van der Waals surface area contributed by atoms with Gasteiger partial charge in [-0.05, 0) is 53.8 Å². The van der Waals surface area contributed by atoms with E-state index in [0.717, 1.165) is 29.5 Å². The number of halogens is 1. The van der Waals surface area contributed by atoms with E-state index in [2.05, 4.69) is 4.98 Å². The molecule has 1 amide bonds. The van der Waals surface area contributed by atoms with Crippen molar-refractivity contribution in [2.75, 3.05) is 13.1 Å². The molecule has 0 aliphatic carbocycles. The number of likely N-dealkylation sites (tertiary alicyclic amines) is 1. The van der Waals surface area contributed by atoms with E-state index in [1.807, 2.05) is 35.2 Å². The lowest BCUT2D eigenvalue weighted by Crippen LogP contribution is -2.49. The van der Waals surface area contributed by atoms with Gasteiger partial charge < -0.3 is 20.4 Å². The fourth-order valence-corrected chi connectivity index (χ4v) is 3.95. The first kappa shape index (κ1) is 20.4. The van der Waals surface area contributed by atoms with Gasteiger partial charge in [-0.3, -0.25) is 9.59 Å². The second kappa shape index (κ2) is 8.90. The van der Waals surface area contributed by atoms with Crippen molar-refractivity contribution in [3.63, 3.8) is 0 Å². The molecule has 1 unspecified atom stereocenters. The van der Waals surface area contributed by atoms with Crippen LogP contribution < -0.4 is 16.0 Å². The second-order valence-corrected chi connectivity index (χ2v) is 8.07. The highest BCUT2D eigenvalue weighted by molar-refractivity contribution is 6.30. The van der Waals surface area contributed by atoms with Crippen LogP contribution in [-0.2, 0) is 11.2 Å². The van der Waals surface area contributed by atoms with Crippen molar-refractivity contribution in [2.24, 2.45) is 5.73 Å². The number of benzene rings is 2. The number of amides is 1. The molecule has 1 saturated heterocycles. The van der Waals surface area contributed by atoms with Crippen LogP contribution in [0.5, 0.6) is 5.75 Å². The number of fused-ring (bicyclic) bond motifs is 1. The predicted octanol–water partition coefficient (Wildman–Crippen LogP) is 3.12. The molecular weight excluding hydrogens is 402 g/mol. The van der Waals surface area contributed by atoms with E-state index in [1.165, 1.54) is 0 Å². The molecule has 3 aromatic rings. The zero-order valence-corrected chi connectivity index (χ0v) is 17.3. The summed E-state index contributed by atoms with van der Waals surface area (Å²) < 4.78 is 6.10. The molecule has 6 nitrogen and oxygen atoms in total. The molecule has 0 bridgehead atoms. The SMILES string of the molecule is NC(Cc1ccc(Cl)cc1)C(=O)N1CCC(Oc2ccc3c(=O)[nH]ccc3c2)CC1. The van der Waals surface area contributed by atoms with E-state index in [4.69, 9.17) is 22.1 Å². The van der Waals surface area contributed by atoms with Gasteiger partial charge in [-0.2, -0.15) is 0 Å². The Balaban J connectivity index is 1.31. The molecule has 0 spiro atoms. The van der Waals surface area contributed by atoms with Gasteiger partial charge in [-0.25, -0.2) is 0 Å². The fraction of sp³-hybridized carbons (Fsp3) is 0.304. The van der Waals surface area contributed by atoms with Gasteiger partial charge in [0.15, 0.2) is 0 Å². The highest BCUT2D eigenvalue weighted by Gasteiger charge is 2.27. The molecule has 3 N–H and O–H groups in total. The van der Waals surface area contributed by atoms with Gasteiger partial charge in [-0.15, -0.1) is 0 Å². The van der Waals surface area contributed by atoms with Crippen molar-refractivity contribution >= 4 is 28.3 Å². The highest BCUT2D eigenvalue weighted by atomic mass is 35.5. The van der Waals surface area contributed by atoms with Gasteiger partial charge in [0.2, 0.25) is 5.91 Å². The summed E-state index contributed by atoms with van der Waals surface area (Å²) in [5, 5.41) is 2.15. The fourth-order valence-electron chi connectivity index (χ4n) is 3.83. The standard InChI is InChI=1S/C23H24ClN3O3/c24-17-3-1-15(2-4-17)13-21(25)23(29)27-11-8-18(9-12-27)30-19-5-6-20-16(14-19)7-10-26-22(20)28/h1-7,10,14,18,21H,8-9,11-13,25H2,(H,26,28). The van der Waals surface area contributed by atoms with E-state index in [0.29, 0.717) is 29.9 Å². The molecule has 1 aliphatic rings. The number of carbonyl (C=O) groups excluding carboxylic acids is 1. The van der Waals surface area contributed by atoms with Crippen LogP contribution in [0.2, 0.25) is 5.02 Å². The predicted molar refractivity (Wildman–Crippen MR) is 118 cm³/mol. The van der Waals surface area contributed by atoms with Crippen molar-refractivity contribution in [1.29, 1.82) is 0 Å². The number of H-pyrrole nitrogens is 1. The third kappa shape index (κ3) is 4.66. The van der Waals surface area contributed by atoms with Crippen LogP contribution in [0.15, 0.2) is 59.5 Å². The Labute approximate surface area is 179 Å². The van der Waals surface area contributed by atoms with Gasteiger partial charge >= 0.3 is 0 Å². The molecule has 1 aliphatic heterocycles. The van der Waals surface area contributed by atoms with Gasteiger partial charge in [0.05, 0.1) is 6.04 Å². The smallest absolute Gasteiger partial charge is 0.255 e. The summed E-state index contributed by atoms with van der Waals surface area (Å²) in [6.45, 7) is 1.23. The highest BCUT2D eigenvalue weighted by Crippen LogP contribution is 2.23. The number of carbonyl (C=O) groups is 1. The maximum absolute atomic E-state index is 12.7. The first-order valence-corrected chi connectivity index (χ1v) is 10.4. The Kier molecular flexibility index (Phi) is 6.06. The Morgan fingerprint density at radius 2 is 1.90 bits per heavy atom. The Bertz CT molecular complexity index is 1090. The number of ether oxygens (including phenoxy) is 1. The third-order valence-electron chi connectivity index (χ3n) is 5.49. The average molecular weight is 426 g/mol. The number of nitrogens with two attached hydrogens (primary N) is 1. The van der Waals surface area contributed by atoms with E-state index in [9.17, 15) is 9.59 Å². The van der Waals surface area contributed by atoms with Crippen LogP contribution >= 0.6 is 11.6 Å². The summed E-state index contributed by atoms with van der Waals surface area (Å²) in [5.41, 5.74) is 7.04. The zero-order chi connectivity index (χ0) is 21.1. The topological polar surface area (TPSA) is 88.4 Å². The molecule has 156 valence electrons. The molecule has 0 radical (unpaired) electrons. The van der Waals surface area contributed by atoms with Gasteiger partial charge in [0.1, 0.15) is 11.9 Å². The van der Waals surface area contributed by atoms with Crippen LogP contribution in [0.3, 0.4) is 0 Å². The van der Waals surface area contributed by atoms with Crippen LogP contribution in [0.25, 0.3) is 10.8 Å². The average Bonchev–Trinajstić information content (AvgIpc) is 2.75. The summed E-state index contributed by atoms with van der Waals surface area (Å²) >= 11 is 5.91. The minimum Gasteiger partial charge on any atom is -0.490 e. The number of nitrogens with one attached hydrogen (secondary N) is 1. The normalized spacial score (nSPS) is 15.9. The van der Waals surface area contributed by atoms with Gasteiger partial charge in [-0.1, -0.05) is 23.7 Å². The van der Waals surface area contributed by atoms with Crippen LogP contribution in [0.1, 0.15) is 18.4 Å². The molecule has 1 fully saturated rings. The van der Waals surface area contributed by atoms with E-state index in [-0.39, 0.29) is 17.6 Å². The quantitative estimate of drug-likeness (QED) is 0.657. The Hall–Kier alpha value is -2.83. The van der Waals surface area contributed by atoms with E-state index in [1.54, 1.807) is 24.4 Å². The van der Waals surface area contributed by atoms with Crippen LogP contribution in [0, 0.1) is 0 Å². The Morgan fingerprint density at radius 1 is 1.17 bits per heavy atom. The lowest BCUT2D eigenvalue weighted by atomic mass is 10.0. The van der Waals surface area contributed by atoms with Crippen molar-refractivity contribution < 1.29 is 9.53 Å². The molecule has 2 heterocycles. The van der Waals surface area contributed by atoms with Crippen molar-refractivity contribution in [3.8, 4) is 5.75 Å². The number of pyridine rings is 1. The molecule has 2 aromatic carbocycles. The van der Waals surface area contributed by atoms with E-state index < -0.39 is 6.04 Å². The summed E-state index contributed by atoms with van der Waals surface area (Å²) in [6, 6.07) is 14.2. The first-order valence-electron chi connectivity index (χ1n) is 10.1. The number of hydrogen-bond acceptors (Lipinski definition) is 4. The lowest BCUT2D eigenvalue weighted by molar-refractivity contribution is -0.134. The zero-order valence-electron chi connectivity index (χ0n) is 16.5. The third-order valence-corrected chi connectivity index (χ3v) is 5.74. The summed E-state index contributed by atoms with van der Waals surface area (Å²) in [6.07, 6.45) is 3.63. The van der Waals surface area contributed by atoms with Crippen LogP contribution in [0.4, 0.5) is 0 Å². The van der Waals surface area contributed by atoms with Crippen molar-refractivity contribution in [3.05, 3.63) is 75.7 Å². The van der Waals surface area contributed by atoms with Crippen molar-refractivity contribution in [2.45, 2.75) is 31.4 Å². The molecule has 7 heteroatoms. The number of piperidine rings is 1. The molecule has 30 heavy (non-hydrogen) atoms. The maximum atomic E-state index is 12.7. The Morgan fingerprint density at radius 3 is 2.63 bits per heavy atom. The minimum absolute atomic E-state index is 0.0287. The number of nitrogens with zero attached hydrogens (tertiary/aromatic N) is 1. The van der Waals surface area contributed by atoms with Crippen molar-refractivity contribution in [1.82, 2.24) is 9.88 Å². The van der Waals surface area contributed by atoms with Gasteiger partial charge in [0.25, 0.3) is 5.56 Å². The van der Waals surface area contributed by atoms with Gasteiger partial charge in [0, 0.05) is 42.5 Å². The number of aromatic amines is 1. The summed E-state index contributed by atoms with van der Waals surface area (Å²) in [5.74, 6) is 0.700. The summed E-state index contributed by atoms with van der Waals surface area (Å²) in [4.78, 5) is 29.0. The first-order chi connectivity index (χ1) is 14.5. The molecule has 0 saturated carbocycles. The molecule has 1 atom stereocenters. The second-order valence-electron chi connectivity index (χ2n) is 7.64. The van der Waals surface area contributed by atoms with E-state index >= 15 is 0 Å². The minimum atomic E-state index is -0.567. The molecular formula is C23H24ClN3O3. The monoisotopic (exact) mass is 425 g/mol. The van der Waals surface area contributed by atoms with Crippen LogP contribution in [-0.4, -0.2) is 41.0 Å². The largest absolute Gasteiger partial charge is 0.490 e. The lowest BCUT2D eigenvalue weighted by Gasteiger charge is -2.33. The number of hydrogen-bond donors (Lipinski definition) is 2. The number of rotatable bonds is 5.